The van der Waals surface area contributed by atoms with E-state index in [0.717, 1.165) is 5.56 Å². The normalized spacial score (nSPS) is 18.9. The summed E-state index contributed by atoms with van der Waals surface area (Å²) in [7, 11) is 0. The molecule has 1 aromatic rings. The molecule has 1 unspecified atom stereocenters. The van der Waals surface area contributed by atoms with E-state index in [9.17, 15) is 29.4 Å². The highest BCUT2D eigenvalue weighted by Gasteiger charge is 2.42. The fourth-order valence-electron chi connectivity index (χ4n) is 6.32. The lowest BCUT2D eigenvalue weighted by atomic mass is 9.85. The number of esters is 4. The van der Waals surface area contributed by atoms with Gasteiger partial charge in [-0.2, -0.15) is 0 Å². The molecule has 292 valence electrons. The molecule has 1 aromatic carbocycles. The molecule has 10 nitrogen and oxygen atoms in total. The van der Waals surface area contributed by atoms with Crippen LogP contribution in [0, 0.1) is 41.9 Å². The van der Waals surface area contributed by atoms with E-state index in [1.165, 1.54) is 0 Å². The molecular weight excluding hydrogens is 676 g/mol. The van der Waals surface area contributed by atoms with Gasteiger partial charge in [0.2, 0.25) is 0 Å². The second kappa shape index (κ2) is 25.0. The second-order valence-corrected chi connectivity index (χ2v) is 14.5. The zero-order valence-corrected chi connectivity index (χ0v) is 31.8. The summed E-state index contributed by atoms with van der Waals surface area (Å²) in [6, 6.07) is 9.80. The standard InChI is InChI=1S/C43H60O10/c1-6-8-13-22-39(46)50-30-43(5,31-51-40(47)23-14-9-7-2)42(49)53-34(26-25-33-19-15-12-16-20-33)27-28-36-35(37(44)29-38(36)45)21-17-10-11-18-24-41(48)52-32(3)4/h1-2,10,12,15-17,19-20,32,34-38,44-45H,8-9,11,13-14,18,21-31H2,3-5H3/b17-10-/t34?,35-,36-,37+,38-/m1/s1. The van der Waals surface area contributed by atoms with E-state index in [1.54, 1.807) is 6.92 Å². The number of ether oxygens (including phenoxy) is 4. The smallest absolute Gasteiger partial charge is 0.319 e. The molecule has 53 heavy (non-hydrogen) atoms. The maximum absolute atomic E-state index is 13.9. The number of aliphatic hydroxyl groups is 2. The number of benzene rings is 1. The first-order chi connectivity index (χ1) is 25.4. The summed E-state index contributed by atoms with van der Waals surface area (Å²) in [5.74, 6) is 2.59. The van der Waals surface area contributed by atoms with Crippen LogP contribution in [0.5, 0.6) is 0 Å². The van der Waals surface area contributed by atoms with E-state index >= 15 is 0 Å². The number of terminal acetylenes is 2. The molecule has 0 amide bonds. The molecule has 0 bridgehead atoms. The van der Waals surface area contributed by atoms with Crippen molar-refractivity contribution in [3.8, 4) is 24.7 Å². The summed E-state index contributed by atoms with van der Waals surface area (Å²) in [5, 5.41) is 21.8. The van der Waals surface area contributed by atoms with Gasteiger partial charge in [0.25, 0.3) is 0 Å². The highest BCUT2D eigenvalue weighted by Crippen LogP contribution is 2.39. The molecule has 0 spiro atoms. The molecule has 0 radical (unpaired) electrons. The summed E-state index contributed by atoms with van der Waals surface area (Å²) in [6.07, 6.45) is 18.9. The van der Waals surface area contributed by atoms with Crippen LogP contribution in [0.2, 0.25) is 0 Å². The minimum Gasteiger partial charge on any atom is -0.464 e. The molecule has 5 atom stereocenters. The molecule has 1 aliphatic rings. The van der Waals surface area contributed by atoms with Crippen molar-refractivity contribution in [1.29, 1.82) is 0 Å². The Hall–Kier alpha value is -4.12. The van der Waals surface area contributed by atoms with Crippen molar-refractivity contribution in [2.24, 2.45) is 17.3 Å². The first-order valence-corrected chi connectivity index (χ1v) is 19.0. The third-order valence-electron chi connectivity index (χ3n) is 9.41. The largest absolute Gasteiger partial charge is 0.464 e. The minimum atomic E-state index is -1.49. The van der Waals surface area contributed by atoms with Crippen LogP contribution in [0.25, 0.3) is 0 Å². The lowest BCUT2D eigenvalue weighted by Crippen LogP contribution is -2.42. The van der Waals surface area contributed by atoms with Gasteiger partial charge < -0.3 is 29.2 Å². The van der Waals surface area contributed by atoms with Gasteiger partial charge in [-0.1, -0.05) is 42.5 Å². The Labute approximate surface area is 316 Å². The summed E-state index contributed by atoms with van der Waals surface area (Å²) in [6.45, 7) is 4.46. The molecule has 1 aliphatic carbocycles. The minimum absolute atomic E-state index is 0.0831. The van der Waals surface area contributed by atoms with E-state index in [-0.39, 0.29) is 56.4 Å². The number of carbonyl (C=O) groups is 4. The molecule has 0 aromatic heterocycles. The highest BCUT2D eigenvalue weighted by molar-refractivity contribution is 5.78. The number of aliphatic hydroxyl groups excluding tert-OH is 2. The van der Waals surface area contributed by atoms with Crippen molar-refractivity contribution in [1.82, 2.24) is 0 Å². The monoisotopic (exact) mass is 736 g/mol. The quantitative estimate of drug-likeness (QED) is 0.0378. The van der Waals surface area contributed by atoms with Crippen LogP contribution in [-0.4, -0.2) is 71.7 Å². The van der Waals surface area contributed by atoms with E-state index in [2.05, 4.69) is 11.8 Å². The lowest BCUT2D eigenvalue weighted by molar-refractivity contribution is -0.174. The second-order valence-electron chi connectivity index (χ2n) is 14.5. The van der Waals surface area contributed by atoms with E-state index in [1.807, 2.05) is 56.3 Å². The van der Waals surface area contributed by atoms with Gasteiger partial charge in [0.15, 0.2) is 0 Å². The van der Waals surface area contributed by atoms with Gasteiger partial charge in [-0.25, -0.2) is 0 Å². The average molecular weight is 737 g/mol. The van der Waals surface area contributed by atoms with Gasteiger partial charge >= 0.3 is 23.9 Å². The van der Waals surface area contributed by atoms with E-state index < -0.39 is 41.6 Å². The Morgan fingerprint density at radius 1 is 0.830 bits per heavy atom. The molecule has 2 rings (SSSR count). The summed E-state index contributed by atoms with van der Waals surface area (Å²) in [5.41, 5.74) is -0.425. The zero-order chi connectivity index (χ0) is 39.1. The number of allylic oxidation sites excluding steroid dienone is 2. The summed E-state index contributed by atoms with van der Waals surface area (Å²) < 4.78 is 22.3. The van der Waals surface area contributed by atoms with Crippen molar-refractivity contribution in [3.63, 3.8) is 0 Å². The summed E-state index contributed by atoms with van der Waals surface area (Å²) in [4.78, 5) is 50.7. The third-order valence-corrected chi connectivity index (χ3v) is 9.41. The van der Waals surface area contributed by atoms with Gasteiger partial charge in [-0.3, -0.25) is 19.2 Å². The average Bonchev–Trinajstić information content (AvgIpc) is 3.40. The predicted octanol–water partition coefficient (Wildman–Crippen LogP) is 6.44. The molecule has 0 aliphatic heterocycles. The SMILES string of the molecule is C#CCCCC(=O)OCC(C)(COC(=O)CCCC#C)C(=O)OC(CCc1ccccc1)CC[C@@H]1[C@@H](C/C=C\CCCC(=O)OC(C)C)[C@@H](O)C[C@H]1O. The number of rotatable bonds is 25. The molecule has 1 fully saturated rings. The van der Waals surface area contributed by atoms with Crippen LogP contribution in [0.4, 0.5) is 0 Å². The molecule has 0 saturated heterocycles. The van der Waals surface area contributed by atoms with Crippen molar-refractivity contribution in [2.45, 2.75) is 141 Å². The van der Waals surface area contributed by atoms with Gasteiger partial charge in [0.1, 0.15) is 24.7 Å². The fraction of sp³-hybridized carbons (Fsp3) is 0.628. The van der Waals surface area contributed by atoms with Crippen LogP contribution >= 0.6 is 0 Å². The lowest BCUT2D eigenvalue weighted by Gasteiger charge is -2.30. The maximum Gasteiger partial charge on any atom is 0.319 e. The Bertz CT molecular complexity index is 1340. The number of hydrogen-bond donors (Lipinski definition) is 2. The Morgan fingerprint density at radius 2 is 1.42 bits per heavy atom. The van der Waals surface area contributed by atoms with Crippen molar-refractivity contribution < 1.29 is 48.3 Å². The first kappa shape index (κ1) is 45.0. The van der Waals surface area contributed by atoms with Gasteiger partial charge in [0, 0.05) is 32.1 Å². The van der Waals surface area contributed by atoms with Crippen LogP contribution < -0.4 is 0 Å². The topological polar surface area (TPSA) is 146 Å². The number of aryl methyl sites for hydroxylation is 1. The van der Waals surface area contributed by atoms with Gasteiger partial charge in [-0.05, 0) is 102 Å². The van der Waals surface area contributed by atoms with Crippen molar-refractivity contribution in [3.05, 3.63) is 48.0 Å². The number of unbranched alkanes of at least 4 members (excludes halogenated alkanes) is 3. The van der Waals surface area contributed by atoms with E-state index in [0.29, 0.717) is 77.0 Å². The Kier molecular flexibility index (Phi) is 21.2. The first-order valence-electron chi connectivity index (χ1n) is 19.0. The molecule has 2 N–H and O–H groups in total. The molecule has 0 heterocycles. The van der Waals surface area contributed by atoms with E-state index in [4.69, 9.17) is 31.8 Å². The Morgan fingerprint density at radius 3 is 2.00 bits per heavy atom. The van der Waals surface area contributed by atoms with Crippen LogP contribution in [-0.2, 0) is 44.5 Å². The molecule has 1 saturated carbocycles. The van der Waals surface area contributed by atoms with Crippen LogP contribution in [0.1, 0.15) is 116 Å². The Balaban J connectivity index is 2.15. The predicted molar refractivity (Wildman–Crippen MR) is 202 cm³/mol. The summed E-state index contributed by atoms with van der Waals surface area (Å²) >= 11 is 0. The molecular formula is C43H60O10. The van der Waals surface area contributed by atoms with Crippen molar-refractivity contribution >= 4 is 23.9 Å². The van der Waals surface area contributed by atoms with Crippen LogP contribution in [0.15, 0.2) is 42.5 Å². The van der Waals surface area contributed by atoms with Gasteiger partial charge in [-0.15, -0.1) is 24.7 Å². The highest BCUT2D eigenvalue weighted by atomic mass is 16.6. The zero-order valence-electron chi connectivity index (χ0n) is 31.8. The maximum atomic E-state index is 13.9. The van der Waals surface area contributed by atoms with Crippen LogP contribution in [0.3, 0.4) is 0 Å². The number of hydrogen-bond acceptors (Lipinski definition) is 10. The number of carbonyl (C=O) groups excluding carboxylic acids is 4. The fourth-order valence-corrected chi connectivity index (χ4v) is 6.32. The van der Waals surface area contributed by atoms with Crippen molar-refractivity contribution in [2.75, 3.05) is 13.2 Å². The van der Waals surface area contributed by atoms with Gasteiger partial charge in [0.05, 0.1) is 18.3 Å². The molecule has 10 heteroatoms. The third kappa shape index (κ3) is 18.0.